The lowest BCUT2D eigenvalue weighted by Crippen LogP contribution is -2.14. The fraction of sp³-hybridized carbons (Fsp3) is 0.444. The number of rotatable bonds is 6. The van der Waals surface area contributed by atoms with Crippen molar-refractivity contribution in [3.8, 4) is 0 Å². The Balaban J connectivity index is 0.00000225. The number of nitrogens with one attached hydrogen (secondary N) is 2. The van der Waals surface area contributed by atoms with Gasteiger partial charge in [-0.05, 0) is 50.4 Å². The largest absolute Gasteiger partial charge is 0.316 e. The average Bonchev–Trinajstić information content (AvgIpc) is 3.18. The molecule has 0 aliphatic carbocycles. The van der Waals surface area contributed by atoms with E-state index < -0.39 is 0 Å². The first-order valence-corrected chi connectivity index (χ1v) is 9.51. The molecule has 0 bridgehead atoms. The van der Waals surface area contributed by atoms with Crippen molar-refractivity contribution in [3.05, 3.63) is 45.4 Å². The van der Waals surface area contributed by atoms with Crippen LogP contribution in [0.5, 0.6) is 0 Å². The number of hydrogen-bond acceptors (Lipinski definition) is 4. The zero-order chi connectivity index (χ0) is 16.9. The molecule has 1 amide bonds. The van der Waals surface area contributed by atoms with Crippen LogP contribution in [-0.2, 0) is 11.2 Å². The molecule has 0 radical (unpaired) electrons. The summed E-state index contributed by atoms with van der Waals surface area (Å²) >= 11 is 7.77. The van der Waals surface area contributed by atoms with Crippen LogP contribution in [-0.4, -0.2) is 24.0 Å². The molecule has 1 aromatic heterocycles. The van der Waals surface area contributed by atoms with Crippen molar-refractivity contribution in [1.29, 1.82) is 0 Å². The highest BCUT2D eigenvalue weighted by Gasteiger charge is 2.17. The predicted octanol–water partition coefficient (Wildman–Crippen LogP) is 4.45. The first kappa shape index (κ1) is 20.2. The molecule has 1 aliphatic heterocycles. The minimum Gasteiger partial charge on any atom is -0.316 e. The molecule has 0 saturated carbocycles. The maximum atomic E-state index is 12.1. The third-order valence-corrected chi connectivity index (χ3v) is 5.83. The summed E-state index contributed by atoms with van der Waals surface area (Å²) in [6, 6.07) is 7.83. The van der Waals surface area contributed by atoms with Gasteiger partial charge in [-0.1, -0.05) is 29.8 Å². The van der Waals surface area contributed by atoms with E-state index in [0.29, 0.717) is 17.5 Å². The van der Waals surface area contributed by atoms with Crippen molar-refractivity contribution >= 4 is 46.4 Å². The van der Waals surface area contributed by atoms with E-state index in [1.807, 2.05) is 31.2 Å². The molecule has 2 aromatic rings. The van der Waals surface area contributed by atoms with Crippen LogP contribution in [0.3, 0.4) is 0 Å². The zero-order valence-corrected chi connectivity index (χ0v) is 16.6. The van der Waals surface area contributed by atoms with E-state index in [4.69, 9.17) is 11.6 Å². The molecule has 4 nitrogen and oxygen atoms in total. The molecule has 25 heavy (non-hydrogen) atoms. The van der Waals surface area contributed by atoms with E-state index in [-0.39, 0.29) is 18.3 Å². The Hall–Kier alpha value is -1.14. The summed E-state index contributed by atoms with van der Waals surface area (Å²) in [5, 5.41) is 7.72. The second kappa shape index (κ2) is 9.53. The Labute approximate surface area is 163 Å². The molecule has 1 atom stereocenters. The van der Waals surface area contributed by atoms with Crippen molar-refractivity contribution in [3.63, 3.8) is 0 Å². The summed E-state index contributed by atoms with van der Waals surface area (Å²) in [6.45, 7) is 4.08. The predicted molar refractivity (Wildman–Crippen MR) is 107 cm³/mol. The van der Waals surface area contributed by atoms with Crippen LogP contribution in [0.15, 0.2) is 24.3 Å². The number of carbonyl (C=O) groups excluding carboxylic acids is 1. The van der Waals surface area contributed by atoms with Crippen molar-refractivity contribution in [2.24, 2.45) is 5.92 Å². The van der Waals surface area contributed by atoms with Gasteiger partial charge in [0.05, 0.1) is 5.69 Å². The van der Waals surface area contributed by atoms with E-state index in [0.717, 1.165) is 47.1 Å². The Bertz CT molecular complexity index is 714. The smallest absolute Gasteiger partial charge is 0.226 e. The molecule has 136 valence electrons. The number of nitrogens with zero attached hydrogens (tertiary/aromatic N) is 1. The van der Waals surface area contributed by atoms with Crippen LogP contribution in [0, 0.1) is 12.8 Å². The third kappa shape index (κ3) is 5.68. The summed E-state index contributed by atoms with van der Waals surface area (Å²) in [7, 11) is 0. The molecule has 3 rings (SSSR count). The van der Waals surface area contributed by atoms with E-state index >= 15 is 0 Å². The van der Waals surface area contributed by atoms with E-state index in [1.165, 1.54) is 17.8 Å². The number of aryl methyl sites for hydroxylation is 1. The number of anilines is 1. The summed E-state index contributed by atoms with van der Waals surface area (Å²) in [5.74, 6) is 0.685. The van der Waals surface area contributed by atoms with E-state index in [1.54, 1.807) is 0 Å². The van der Waals surface area contributed by atoms with Crippen LogP contribution >= 0.6 is 35.3 Å². The quantitative estimate of drug-likeness (QED) is 0.754. The number of carbonyl (C=O) groups is 1. The molecule has 7 heteroatoms. The van der Waals surface area contributed by atoms with Gasteiger partial charge in [0.25, 0.3) is 0 Å². The fourth-order valence-corrected chi connectivity index (χ4v) is 4.14. The number of hydrogen-bond donors (Lipinski definition) is 2. The van der Waals surface area contributed by atoms with Gasteiger partial charge in [-0.3, -0.25) is 4.79 Å². The lowest BCUT2D eigenvalue weighted by molar-refractivity contribution is -0.116. The van der Waals surface area contributed by atoms with Gasteiger partial charge in [-0.15, -0.1) is 23.7 Å². The molecule has 2 N–H and O–H groups in total. The molecule has 1 saturated heterocycles. The molecular formula is C18H23Cl2N3OS. The molecule has 1 unspecified atom stereocenters. The number of amides is 1. The second-order valence-electron chi connectivity index (χ2n) is 6.24. The van der Waals surface area contributed by atoms with Gasteiger partial charge >= 0.3 is 0 Å². The molecule has 0 spiro atoms. The minimum absolute atomic E-state index is 0. The van der Waals surface area contributed by atoms with Gasteiger partial charge < -0.3 is 10.6 Å². The van der Waals surface area contributed by atoms with Crippen LogP contribution in [0.25, 0.3) is 0 Å². The van der Waals surface area contributed by atoms with Crippen molar-refractivity contribution in [1.82, 2.24) is 10.3 Å². The fourth-order valence-electron chi connectivity index (χ4n) is 2.94. The summed E-state index contributed by atoms with van der Waals surface area (Å²) in [4.78, 5) is 17.7. The first-order valence-electron chi connectivity index (χ1n) is 8.32. The Morgan fingerprint density at radius 2 is 2.24 bits per heavy atom. The number of halogens is 2. The average molecular weight is 400 g/mol. The normalized spacial score (nSPS) is 16.5. The number of thiazole rings is 1. The third-order valence-electron chi connectivity index (χ3n) is 4.39. The van der Waals surface area contributed by atoms with Gasteiger partial charge in [-0.25, -0.2) is 4.98 Å². The van der Waals surface area contributed by atoms with Gasteiger partial charge in [-0.2, -0.15) is 0 Å². The Morgan fingerprint density at radius 1 is 1.44 bits per heavy atom. The summed E-state index contributed by atoms with van der Waals surface area (Å²) < 4.78 is 0. The van der Waals surface area contributed by atoms with Crippen LogP contribution in [0.4, 0.5) is 5.13 Å². The minimum atomic E-state index is 0. The second-order valence-corrected chi connectivity index (χ2v) is 7.73. The van der Waals surface area contributed by atoms with Crippen LogP contribution < -0.4 is 10.6 Å². The highest BCUT2D eigenvalue weighted by molar-refractivity contribution is 7.15. The summed E-state index contributed by atoms with van der Waals surface area (Å²) in [6.07, 6.45) is 3.42. The molecule has 1 fully saturated rings. The highest BCUT2D eigenvalue weighted by atomic mass is 35.5. The molecule has 1 aliphatic rings. The number of aromatic nitrogens is 1. The molecular weight excluding hydrogens is 377 g/mol. The van der Waals surface area contributed by atoms with E-state index in [2.05, 4.69) is 15.6 Å². The van der Waals surface area contributed by atoms with Gasteiger partial charge in [0.1, 0.15) is 0 Å². The Kier molecular flexibility index (Phi) is 7.69. The van der Waals surface area contributed by atoms with Crippen LogP contribution in [0.1, 0.15) is 35.4 Å². The lowest BCUT2D eigenvalue weighted by Gasteiger charge is -2.07. The standard InChI is InChI=1S/C18H22ClN3OS.ClH/c1-12-16(10-14-4-2-3-5-15(14)19)24-18(21-12)22-17(23)7-6-13-8-9-20-11-13;/h2-5,13,20H,6-11H2,1H3,(H,21,22,23);1H. The Morgan fingerprint density at radius 3 is 2.96 bits per heavy atom. The topological polar surface area (TPSA) is 54.0 Å². The maximum Gasteiger partial charge on any atom is 0.226 e. The molecule has 1 aromatic carbocycles. The van der Waals surface area contributed by atoms with Crippen molar-refractivity contribution in [2.45, 2.75) is 32.6 Å². The van der Waals surface area contributed by atoms with Gasteiger partial charge in [0.15, 0.2) is 5.13 Å². The zero-order valence-electron chi connectivity index (χ0n) is 14.2. The highest BCUT2D eigenvalue weighted by Crippen LogP contribution is 2.28. The van der Waals surface area contributed by atoms with Crippen LogP contribution in [0.2, 0.25) is 5.02 Å². The van der Waals surface area contributed by atoms with Crippen molar-refractivity contribution < 1.29 is 4.79 Å². The molecule has 2 heterocycles. The summed E-state index contributed by atoms with van der Waals surface area (Å²) in [5.41, 5.74) is 2.03. The van der Waals surface area contributed by atoms with E-state index in [9.17, 15) is 4.79 Å². The first-order chi connectivity index (χ1) is 11.6. The van der Waals surface area contributed by atoms with Gasteiger partial charge in [0, 0.05) is 22.7 Å². The number of benzene rings is 1. The SMILES string of the molecule is Cc1nc(NC(=O)CCC2CCNC2)sc1Cc1ccccc1Cl.Cl. The van der Waals surface area contributed by atoms with Crippen molar-refractivity contribution in [2.75, 3.05) is 18.4 Å². The monoisotopic (exact) mass is 399 g/mol. The maximum absolute atomic E-state index is 12.1. The lowest BCUT2D eigenvalue weighted by atomic mass is 10.0. The van der Waals surface area contributed by atoms with Gasteiger partial charge in [0.2, 0.25) is 5.91 Å².